The summed E-state index contributed by atoms with van der Waals surface area (Å²) in [6.07, 6.45) is 2.05. The van der Waals surface area contributed by atoms with Gasteiger partial charge in [-0.25, -0.2) is 23.0 Å². The number of aliphatic carboxylic acids is 1. The second kappa shape index (κ2) is 10.4. The molecule has 3 amide bonds. The quantitative estimate of drug-likeness (QED) is 0.587. The molecule has 0 saturated carbocycles. The predicted molar refractivity (Wildman–Crippen MR) is 130 cm³/mol. The zero-order chi connectivity index (χ0) is 25.9. The molecule has 1 saturated heterocycles. The van der Waals surface area contributed by atoms with E-state index in [1.165, 1.54) is 56.4 Å². The Hall–Kier alpha value is -3.51. The Kier molecular flexibility index (Phi) is 7.76. The SMILES string of the molecule is CNC(=O)N(C)c1ccc(N(C(=O)[C@@H]2CCCN2S(=O)(=O)c2ccc(C)cc2)[C@@H](C)C(=O)O)nc1. The average molecular weight is 504 g/mol. The molecule has 0 aliphatic carbocycles. The van der Waals surface area contributed by atoms with E-state index in [2.05, 4.69) is 10.3 Å². The minimum absolute atomic E-state index is 0.0403. The van der Waals surface area contributed by atoms with Gasteiger partial charge in [-0.1, -0.05) is 17.7 Å². The maximum absolute atomic E-state index is 13.6. The fourth-order valence-corrected chi connectivity index (χ4v) is 5.55. The number of pyridine rings is 1. The van der Waals surface area contributed by atoms with Crippen LogP contribution in [0.4, 0.5) is 16.3 Å². The number of carbonyl (C=O) groups is 3. The van der Waals surface area contributed by atoms with Crippen LogP contribution in [-0.2, 0) is 19.6 Å². The van der Waals surface area contributed by atoms with Crippen molar-refractivity contribution in [1.82, 2.24) is 14.6 Å². The molecule has 1 aromatic heterocycles. The molecule has 3 rings (SSSR count). The second-order valence-electron chi connectivity index (χ2n) is 8.30. The summed E-state index contributed by atoms with van der Waals surface area (Å²) in [5, 5.41) is 12.1. The van der Waals surface area contributed by atoms with Gasteiger partial charge in [0.25, 0.3) is 0 Å². The van der Waals surface area contributed by atoms with Crippen LogP contribution in [0.15, 0.2) is 47.5 Å². The molecule has 2 heterocycles. The first-order chi connectivity index (χ1) is 16.5. The Labute approximate surface area is 204 Å². The molecule has 0 unspecified atom stereocenters. The first kappa shape index (κ1) is 26.1. The third-order valence-electron chi connectivity index (χ3n) is 5.98. The van der Waals surface area contributed by atoms with Gasteiger partial charge in [0.1, 0.15) is 17.9 Å². The molecule has 2 aromatic rings. The van der Waals surface area contributed by atoms with Crippen molar-refractivity contribution >= 4 is 39.4 Å². The molecule has 1 fully saturated rings. The van der Waals surface area contributed by atoms with Crippen molar-refractivity contribution in [1.29, 1.82) is 0 Å². The number of hydrogen-bond acceptors (Lipinski definition) is 6. The lowest BCUT2D eigenvalue weighted by atomic mass is 10.1. The molecule has 35 heavy (non-hydrogen) atoms. The molecule has 12 heteroatoms. The maximum atomic E-state index is 13.6. The Morgan fingerprint density at radius 2 is 1.83 bits per heavy atom. The van der Waals surface area contributed by atoms with Gasteiger partial charge in [0.15, 0.2) is 0 Å². The van der Waals surface area contributed by atoms with Crippen LogP contribution in [0.25, 0.3) is 0 Å². The first-order valence-electron chi connectivity index (χ1n) is 11.0. The monoisotopic (exact) mass is 503 g/mol. The van der Waals surface area contributed by atoms with Crippen molar-refractivity contribution in [2.24, 2.45) is 0 Å². The molecule has 0 radical (unpaired) electrons. The molecule has 1 aromatic carbocycles. The van der Waals surface area contributed by atoms with Crippen molar-refractivity contribution in [3.63, 3.8) is 0 Å². The minimum atomic E-state index is -3.97. The maximum Gasteiger partial charge on any atom is 0.326 e. The van der Waals surface area contributed by atoms with Gasteiger partial charge in [0, 0.05) is 20.6 Å². The van der Waals surface area contributed by atoms with Gasteiger partial charge >= 0.3 is 12.0 Å². The first-order valence-corrected chi connectivity index (χ1v) is 12.5. The van der Waals surface area contributed by atoms with Crippen molar-refractivity contribution in [3.05, 3.63) is 48.2 Å². The van der Waals surface area contributed by atoms with Gasteiger partial charge in [-0.05, 0) is 51.0 Å². The van der Waals surface area contributed by atoms with Crippen LogP contribution in [0.5, 0.6) is 0 Å². The number of carbonyl (C=O) groups excluding carboxylic acids is 2. The number of amides is 3. The van der Waals surface area contributed by atoms with Gasteiger partial charge in [-0.15, -0.1) is 0 Å². The number of sulfonamides is 1. The lowest BCUT2D eigenvalue weighted by molar-refractivity contribution is -0.140. The van der Waals surface area contributed by atoms with E-state index in [-0.39, 0.29) is 29.7 Å². The van der Waals surface area contributed by atoms with Crippen molar-refractivity contribution in [3.8, 4) is 0 Å². The van der Waals surface area contributed by atoms with Crippen LogP contribution < -0.4 is 15.1 Å². The summed E-state index contributed by atoms with van der Waals surface area (Å²) in [5.74, 6) is -1.90. The Balaban J connectivity index is 1.96. The number of aromatic nitrogens is 1. The van der Waals surface area contributed by atoms with Crippen LogP contribution in [-0.4, -0.2) is 73.4 Å². The third kappa shape index (κ3) is 5.28. The van der Waals surface area contributed by atoms with E-state index < -0.39 is 34.0 Å². The van der Waals surface area contributed by atoms with E-state index in [0.29, 0.717) is 12.1 Å². The van der Waals surface area contributed by atoms with Gasteiger partial charge in [0.2, 0.25) is 15.9 Å². The van der Waals surface area contributed by atoms with Crippen molar-refractivity contribution in [2.75, 3.05) is 30.4 Å². The van der Waals surface area contributed by atoms with E-state index in [9.17, 15) is 27.9 Å². The average Bonchev–Trinajstić information content (AvgIpc) is 3.35. The molecule has 0 spiro atoms. The molecular weight excluding hydrogens is 474 g/mol. The molecule has 1 aliphatic heterocycles. The number of carboxylic acid groups (broad SMARTS) is 1. The van der Waals surface area contributed by atoms with E-state index in [0.717, 1.165) is 14.8 Å². The predicted octanol–water partition coefficient (Wildman–Crippen LogP) is 1.83. The minimum Gasteiger partial charge on any atom is -0.480 e. The number of anilines is 2. The number of carboxylic acids is 1. The number of urea groups is 1. The van der Waals surface area contributed by atoms with Gasteiger partial charge in [0.05, 0.1) is 16.8 Å². The van der Waals surface area contributed by atoms with E-state index in [4.69, 9.17) is 0 Å². The second-order valence-corrected chi connectivity index (χ2v) is 10.2. The summed E-state index contributed by atoms with van der Waals surface area (Å²) < 4.78 is 27.8. The smallest absolute Gasteiger partial charge is 0.326 e. The highest BCUT2D eigenvalue weighted by Gasteiger charge is 2.43. The van der Waals surface area contributed by atoms with Crippen molar-refractivity contribution in [2.45, 2.75) is 43.7 Å². The fourth-order valence-electron chi connectivity index (χ4n) is 3.90. The zero-order valence-corrected chi connectivity index (χ0v) is 20.8. The fraction of sp³-hybridized carbons (Fsp3) is 0.391. The normalized spacial score (nSPS) is 17.0. The lowest BCUT2D eigenvalue weighted by Gasteiger charge is -2.31. The summed E-state index contributed by atoms with van der Waals surface area (Å²) in [7, 11) is -0.963. The summed E-state index contributed by atoms with van der Waals surface area (Å²) in [6.45, 7) is 3.32. The number of aryl methyl sites for hydroxylation is 1. The van der Waals surface area contributed by atoms with Crippen LogP contribution >= 0.6 is 0 Å². The van der Waals surface area contributed by atoms with Gasteiger partial charge in [-0.3, -0.25) is 14.6 Å². The number of hydrogen-bond donors (Lipinski definition) is 2. The Morgan fingerprint density at radius 1 is 1.17 bits per heavy atom. The lowest BCUT2D eigenvalue weighted by Crippen LogP contribution is -2.53. The highest BCUT2D eigenvalue weighted by Crippen LogP contribution is 2.30. The molecule has 0 bridgehead atoms. The van der Waals surface area contributed by atoms with Crippen LogP contribution in [0.3, 0.4) is 0 Å². The zero-order valence-electron chi connectivity index (χ0n) is 20.0. The summed E-state index contributed by atoms with van der Waals surface area (Å²) in [4.78, 5) is 44.0. The van der Waals surface area contributed by atoms with Crippen LogP contribution in [0, 0.1) is 6.92 Å². The van der Waals surface area contributed by atoms with Gasteiger partial charge < -0.3 is 10.4 Å². The molecule has 2 atom stereocenters. The number of nitrogens with one attached hydrogen (secondary N) is 1. The summed E-state index contributed by atoms with van der Waals surface area (Å²) in [6, 6.07) is 6.55. The Bertz CT molecular complexity index is 1200. The molecule has 2 N–H and O–H groups in total. The van der Waals surface area contributed by atoms with E-state index in [1.807, 2.05) is 6.92 Å². The van der Waals surface area contributed by atoms with Gasteiger partial charge in [-0.2, -0.15) is 4.31 Å². The van der Waals surface area contributed by atoms with Crippen LogP contribution in [0.1, 0.15) is 25.3 Å². The number of benzene rings is 1. The highest BCUT2D eigenvalue weighted by molar-refractivity contribution is 7.89. The van der Waals surface area contributed by atoms with E-state index in [1.54, 1.807) is 12.1 Å². The molecule has 188 valence electrons. The standard InChI is InChI=1S/C23H29N5O6S/c1-15-7-10-18(11-8-15)35(33,34)27-13-5-6-19(27)21(29)28(16(2)22(30)31)20-12-9-17(14-25-20)26(4)23(32)24-3/h7-12,14,16,19H,5-6,13H2,1-4H3,(H,24,32)(H,30,31)/t16-,19-/m0/s1. The highest BCUT2D eigenvalue weighted by atomic mass is 32.2. The molecule has 1 aliphatic rings. The molecular formula is C23H29N5O6S. The Morgan fingerprint density at radius 3 is 2.37 bits per heavy atom. The van der Waals surface area contributed by atoms with Crippen LogP contribution in [0.2, 0.25) is 0 Å². The van der Waals surface area contributed by atoms with E-state index >= 15 is 0 Å². The summed E-state index contributed by atoms with van der Waals surface area (Å²) in [5.41, 5.74) is 1.32. The van der Waals surface area contributed by atoms with Crippen molar-refractivity contribution < 1.29 is 27.9 Å². The summed E-state index contributed by atoms with van der Waals surface area (Å²) >= 11 is 0. The third-order valence-corrected chi connectivity index (χ3v) is 7.91. The number of nitrogens with zero attached hydrogens (tertiary/aromatic N) is 4. The topological polar surface area (TPSA) is 140 Å². The largest absolute Gasteiger partial charge is 0.480 e. The number of rotatable bonds is 7. The molecule has 11 nitrogen and oxygen atoms in total.